The molecule has 3 heterocycles. The summed E-state index contributed by atoms with van der Waals surface area (Å²) in [5, 5.41) is 0. The standard InChI is InChI=1S/C21H18N2O5/c1-27-20(25)16-14-11-28-15-10-6-5-9-13(15)17(14)23-18(16)19(24)22(21(23)26)12-7-3-2-4-8-12/h2-10,14,16-18H,11H2,1H3/t14-,16-,17+,18+/m0/s1. The van der Waals surface area contributed by atoms with Gasteiger partial charge in [-0.2, -0.15) is 0 Å². The zero-order valence-electron chi connectivity index (χ0n) is 15.1. The number of methoxy groups -OCH3 is 1. The average molecular weight is 378 g/mol. The molecule has 2 saturated heterocycles. The third kappa shape index (κ3) is 2.13. The fraction of sp³-hybridized carbons (Fsp3) is 0.286. The summed E-state index contributed by atoms with van der Waals surface area (Å²) in [7, 11) is 1.30. The number of anilines is 1. The number of carbonyl (C=O) groups excluding carboxylic acids is 3. The van der Waals surface area contributed by atoms with Gasteiger partial charge in [-0.3, -0.25) is 9.59 Å². The Kier molecular flexibility index (Phi) is 3.65. The molecule has 0 bridgehead atoms. The van der Waals surface area contributed by atoms with E-state index in [2.05, 4.69) is 0 Å². The number of nitrogens with zero attached hydrogens (tertiary/aromatic N) is 2. The number of benzene rings is 2. The number of ether oxygens (including phenoxy) is 2. The Morgan fingerprint density at radius 1 is 1.04 bits per heavy atom. The van der Waals surface area contributed by atoms with E-state index in [4.69, 9.17) is 9.47 Å². The van der Waals surface area contributed by atoms with Gasteiger partial charge in [0, 0.05) is 11.5 Å². The Labute approximate surface area is 161 Å². The maximum Gasteiger partial charge on any atom is 0.332 e. The lowest BCUT2D eigenvalue weighted by molar-refractivity contribution is -0.149. The van der Waals surface area contributed by atoms with Gasteiger partial charge in [0.2, 0.25) is 0 Å². The number of amides is 3. The molecule has 2 aromatic carbocycles. The van der Waals surface area contributed by atoms with Crippen molar-refractivity contribution in [2.75, 3.05) is 18.6 Å². The monoisotopic (exact) mass is 378 g/mol. The summed E-state index contributed by atoms with van der Waals surface area (Å²) in [5.41, 5.74) is 1.30. The predicted octanol–water partition coefficient (Wildman–Crippen LogP) is 2.38. The van der Waals surface area contributed by atoms with Gasteiger partial charge in [0.05, 0.1) is 31.4 Å². The summed E-state index contributed by atoms with van der Waals surface area (Å²) in [5.74, 6) is -1.34. The predicted molar refractivity (Wildman–Crippen MR) is 98.6 cm³/mol. The molecular formula is C21H18N2O5. The molecule has 3 aliphatic rings. The zero-order valence-corrected chi connectivity index (χ0v) is 15.1. The van der Waals surface area contributed by atoms with Crippen LogP contribution < -0.4 is 9.64 Å². The number of rotatable bonds is 2. The van der Waals surface area contributed by atoms with Crippen LogP contribution in [-0.4, -0.2) is 42.6 Å². The van der Waals surface area contributed by atoms with Gasteiger partial charge >= 0.3 is 12.0 Å². The Hall–Kier alpha value is -3.35. The lowest BCUT2D eigenvalue weighted by Crippen LogP contribution is -2.41. The third-order valence-electron chi connectivity index (χ3n) is 5.85. The van der Waals surface area contributed by atoms with Crippen molar-refractivity contribution < 1.29 is 23.9 Å². The number of imide groups is 1. The summed E-state index contributed by atoms with van der Waals surface area (Å²) < 4.78 is 10.8. The zero-order chi connectivity index (χ0) is 19.4. The first kappa shape index (κ1) is 16.8. The molecule has 3 aliphatic heterocycles. The van der Waals surface area contributed by atoms with E-state index in [1.54, 1.807) is 29.2 Å². The molecule has 0 N–H and O–H groups in total. The summed E-state index contributed by atoms with van der Waals surface area (Å²) in [6, 6.07) is 14.5. The highest BCUT2D eigenvalue weighted by atomic mass is 16.5. The molecule has 2 aromatic rings. The number of esters is 1. The Morgan fingerprint density at radius 3 is 2.50 bits per heavy atom. The van der Waals surface area contributed by atoms with Crippen molar-refractivity contribution in [3.8, 4) is 5.75 Å². The lowest BCUT2D eigenvalue weighted by Gasteiger charge is -2.33. The first-order valence-corrected chi connectivity index (χ1v) is 9.14. The van der Waals surface area contributed by atoms with Gasteiger partial charge in [-0.15, -0.1) is 0 Å². The van der Waals surface area contributed by atoms with Gasteiger partial charge in [-0.1, -0.05) is 36.4 Å². The Bertz CT molecular complexity index is 976. The van der Waals surface area contributed by atoms with Gasteiger partial charge in [-0.05, 0) is 18.2 Å². The smallest absolute Gasteiger partial charge is 0.332 e. The molecule has 7 nitrogen and oxygen atoms in total. The van der Waals surface area contributed by atoms with Crippen LogP contribution in [0.5, 0.6) is 5.75 Å². The molecule has 5 rings (SSSR count). The van der Waals surface area contributed by atoms with E-state index in [1.807, 2.05) is 30.3 Å². The number of hydrogen-bond donors (Lipinski definition) is 0. The summed E-state index contributed by atoms with van der Waals surface area (Å²) in [6.07, 6.45) is 0. The molecule has 142 valence electrons. The molecule has 28 heavy (non-hydrogen) atoms. The highest BCUT2D eigenvalue weighted by molar-refractivity contribution is 6.22. The number of para-hydroxylation sites is 2. The number of hydrogen-bond acceptors (Lipinski definition) is 5. The van der Waals surface area contributed by atoms with Crippen LogP contribution >= 0.6 is 0 Å². The van der Waals surface area contributed by atoms with Gasteiger partial charge in [0.15, 0.2) is 0 Å². The minimum atomic E-state index is -0.898. The van der Waals surface area contributed by atoms with Crippen molar-refractivity contribution in [3.05, 3.63) is 60.2 Å². The number of urea groups is 1. The van der Waals surface area contributed by atoms with Crippen LogP contribution in [0.2, 0.25) is 0 Å². The Morgan fingerprint density at radius 2 is 1.75 bits per heavy atom. The van der Waals surface area contributed by atoms with Crippen LogP contribution in [0.15, 0.2) is 54.6 Å². The average Bonchev–Trinajstić information content (AvgIpc) is 3.21. The number of fused-ring (bicyclic) bond motifs is 5. The van der Waals surface area contributed by atoms with Gasteiger partial charge < -0.3 is 14.4 Å². The minimum Gasteiger partial charge on any atom is -0.493 e. The fourth-order valence-electron chi connectivity index (χ4n) is 4.71. The second-order valence-electron chi connectivity index (χ2n) is 7.15. The van der Waals surface area contributed by atoms with Gasteiger partial charge in [0.1, 0.15) is 11.8 Å². The molecule has 0 unspecified atom stereocenters. The van der Waals surface area contributed by atoms with Crippen LogP contribution in [0, 0.1) is 11.8 Å². The summed E-state index contributed by atoms with van der Waals surface area (Å²) in [4.78, 5) is 42.0. The highest BCUT2D eigenvalue weighted by Gasteiger charge is 2.65. The summed E-state index contributed by atoms with van der Waals surface area (Å²) >= 11 is 0. The molecule has 4 atom stereocenters. The second-order valence-corrected chi connectivity index (χ2v) is 7.15. The van der Waals surface area contributed by atoms with E-state index in [0.29, 0.717) is 11.4 Å². The molecule has 0 radical (unpaired) electrons. The van der Waals surface area contributed by atoms with E-state index in [-0.39, 0.29) is 12.5 Å². The van der Waals surface area contributed by atoms with Gasteiger partial charge in [-0.25, -0.2) is 9.69 Å². The second kappa shape index (κ2) is 6.09. The van der Waals surface area contributed by atoms with Crippen LogP contribution in [-0.2, 0) is 14.3 Å². The van der Waals surface area contributed by atoms with Gasteiger partial charge in [0.25, 0.3) is 5.91 Å². The molecule has 0 aliphatic carbocycles. The highest BCUT2D eigenvalue weighted by Crippen LogP contribution is 2.53. The maximum absolute atomic E-state index is 13.4. The van der Waals surface area contributed by atoms with Crippen molar-refractivity contribution in [1.29, 1.82) is 0 Å². The van der Waals surface area contributed by atoms with E-state index in [1.165, 1.54) is 7.11 Å². The SMILES string of the molecule is COC(=O)[C@H]1[C@@H]2COc3ccccc3[C@H]2N2C(=O)N(c3ccccc3)C(=O)[C@@H]12. The topological polar surface area (TPSA) is 76.2 Å². The van der Waals surface area contributed by atoms with Crippen molar-refractivity contribution >= 4 is 23.6 Å². The van der Waals surface area contributed by atoms with E-state index in [0.717, 1.165) is 10.5 Å². The normalized spacial score (nSPS) is 27.8. The summed E-state index contributed by atoms with van der Waals surface area (Å²) in [6.45, 7) is 0.250. The molecular weight excluding hydrogens is 360 g/mol. The van der Waals surface area contributed by atoms with Crippen LogP contribution in [0.1, 0.15) is 11.6 Å². The maximum atomic E-state index is 13.4. The quantitative estimate of drug-likeness (QED) is 0.592. The first-order valence-electron chi connectivity index (χ1n) is 9.14. The van der Waals surface area contributed by atoms with Crippen LogP contribution in [0.25, 0.3) is 0 Å². The lowest BCUT2D eigenvalue weighted by atomic mass is 9.83. The van der Waals surface area contributed by atoms with Crippen LogP contribution in [0.4, 0.5) is 10.5 Å². The fourth-order valence-corrected chi connectivity index (χ4v) is 4.71. The first-order chi connectivity index (χ1) is 13.6. The molecule has 0 saturated carbocycles. The third-order valence-corrected chi connectivity index (χ3v) is 5.85. The number of carbonyl (C=O) groups is 3. The van der Waals surface area contributed by atoms with Crippen molar-refractivity contribution in [3.63, 3.8) is 0 Å². The van der Waals surface area contributed by atoms with E-state index in [9.17, 15) is 14.4 Å². The van der Waals surface area contributed by atoms with Crippen molar-refractivity contribution in [1.82, 2.24) is 4.90 Å². The van der Waals surface area contributed by atoms with E-state index >= 15 is 0 Å². The van der Waals surface area contributed by atoms with Crippen LogP contribution in [0.3, 0.4) is 0 Å². The van der Waals surface area contributed by atoms with E-state index < -0.39 is 35.9 Å². The molecule has 0 aromatic heterocycles. The Balaban J connectivity index is 1.65. The van der Waals surface area contributed by atoms with Crippen molar-refractivity contribution in [2.45, 2.75) is 12.1 Å². The molecule has 7 heteroatoms. The molecule has 0 spiro atoms. The van der Waals surface area contributed by atoms with Crippen molar-refractivity contribution in [2.24, 2.45) is 11.8 Å². The minimum absolute atomic E-state index is 0.250. The molecule has 2 fully saturated rings. The largest absolute Gasteiger partial charge is 0.493 e. The molecule has 3 amide bonds.